The van der Waals surface area contributed by atoms with Crippen molar-refractivity contribution in [2.45, 2.75) is 19.5 Å². The summed E-state index contributed by atoms with van der Waals surface area (Å²) in [5, 5.41) is 10.6. The molecule has 0 aliphatic heterocycles. The first-order valence-electron chi connectivity index (χ1n) is 6.64. The molecule has 0 fully saturated rings. The first-order valence-corrected chi connectivity index (χ1v) is 7.43. The molecule has 0 aliphatic carbocycles. The fourth-order valence-electron chi connectivity index (χ4n) is 2.14. The minimum atomic E-state index is -0.0833. The Labute approximate surface area is 130 Å². The van der Waals surface area contributed by atoms with Gasteiger partial charge in [0.15, 0.2) is 10.5 Å². The number of aromatic amines is 1. The second-order valence-corrected chi connectivity index (χ2v) is 5.49. The van der Waals surface area contributed by atoms with Gasteiger partial charge in [0, 0.05) is 0 Å². The number of nitrogens with zero attached hydrogens (tertiary/aromatic N) is 2. The lowest BCUT2D eigenvalue weighted by Crippen LogP contribution is -2.23. The molecule has 5 nitrogen and oxygen atoms in total. The zero-order valence-corrected chi connectivity index (χ0v) is 13.1. The summed E-state index contributed by atoms with van der Waals surface area (Å²) in [6.45, 7) is 2.49. The zero-order valence-electron chi connectivity index (χ0n) is 11.5. The molecule has 3 aromatic rings. The monoisotopic (exact) mass is 346 g/mol. The Bertz CT molecular complexity index is 707. The van der Waals surface area contributed by atoms with Crippen LogP contribution in [0.1, 0.15) is 29.0 Å². The topological polar surface area (TPSA) is 66.7 Å². The van der Waals surface area contributed by atoms with Crippen molar-refractivity contribution in [3.63, 3.8) is 0 Å². The van der Waals surface area contributed by atoms with Gasteiger partial charge in [0.2, 0.25) is 0 Å². The number of hydrogen-bond acceptors (Lipinski definition) is 4. The molecular formula is C15H15BrN4O. The van der Waals surface area contributed by atoms with Crippen LogP contribution in [0, 0.1) is 6.92 Å². The van der Waals surface area contributed by atoms with Gasteiger partial charge >= 0.3 is 0 Å². The zero-order chi connectivity index (χ0) is 14.7. The lowest BCUT2D eigenvalue weighted by molar-refractivity contribution is 0.449. The van der Waals surface area contributed by atoms with Crippen LogP contribution < -0.4 is 5.32 Å². The molecule has 0 saturated heterocycles. The number of rotatable bonds is 5. The number of halogens is 1. The third kappa shape index (κ3) is 3.40. The van der Waals surface area contributed by atoms with Crippen LogP contribution in [0.2, 0.25) is 0 Å². The van der Waals surface area contributed by atoms with Crippen molar-refractivity contribution >= 4 is 15.9 Å². The highest BCUT2D eigenvalue weighted by Crippen LogP contribution is 2.20. The van der Waals surface area contributed by atoms with Crippen molar-refractivity contribution in [1.29, 1.82) is 0 Å². The minimum absolute atomic E-state index is 0.0833. The van der Waals surface area contributed by atoms with Gasteiger partial charge < -0.3 is 4.42 Å². The highest BCUT2D eigenvalue weighted by atomic mass is 79.9. The molecule has 108 valence electrons. The van der Waals surface area contributed by atoms with Crippen molar-refractivity contribution in [3.8, 4) is 0 Å². The maximum absolute atomic E-state index is 5.52. The molecule has 2 N–H and O–H groups in total. The number of aryl methyl sites for hydroxylation is 1. The standard InChI is InChI=1S/C15H15BrN4O/c1-10-18-15(20-19-10)14(11-5-3-2-4-6-11)17-9-12-7-8-13(16)21-12/h2-8,14,17H,9H2,1H3,(H,18,19,20)/t14-/m1/s1. The Morgan fingerprint density at radius 3 is 2.67 bits per heavy atom. The van der Waals surface area contributed by atoms with Gasteiger partial charge in [-0.2, -0.15) is 5.10 Å². The molecule has 0 amide bonds. The molecule has 0 spiro atoms. The molecule has 21 heavy (non-hydrogen) atoms. The predicted molar refractivity (Wildman–Crippen MR) is 82.7 cm³/mol. The van der Waals surface area contributed by atoms with E-state index in [1.807, 2.05) is 37.3 Å². The number of H-pyrrole nitrogens is 1. The Morgan fingerprint density at radius 2 is 2.05 bits per heavy atom. The van der Waals surface area contributed by atoms with Crippen molar-refractivity contribution in [2.24, 2.45) is 0 Å². The second-order valence-electron chi connectivity index (χ2n) is 4.71. The lowest BCUT2D eigenvalue weighted by Gasteiger charge is -2.15. The molecular weight excluding hydrogens is 332 g/mol. The lowest BCUT2D eigenvalue weighted by atomic mass is 10.1. The van der Waals surface area contributed by atoms with Crippen LogP contribution in [0.25, 0.3) is 0 Å². The molecule has 0 radical (unpaired) electrons. The summed E-state index contributed by atoms with van der Waals surface area (Å²) in [7, 11) is 0. The minimum Gasteiger partial charge on any atom is -0.453 e. The Hall–Kier alpha value is -1.92. The Morgan fingerprint density at radius 1 is 1.24 bits per heavy atom. The molecule has 1 atom stereocenters. The van der Waals surface area contributed by atoms with E-state index in [0.29, 0.717) is 6.54 Å². The number of hydrogen-bond donors (Lipinski definition) is 2. The number of benzene rings is 1. The van der Waals surface area contributed by atoms with Gasteiger partial charge in [-0.15, -0.1) is 0 Å². The van der Waals surface area contributed by atoms with Gasteiger partial charge in [-0.05, 0) is 40.5 Å². The summed E-state index contributed by atoms with van der Waals surface area (Å²) in [6.07, 6.45) is 0. The largest absolute Gasteiger partial charge is 0.453 e. The average Bonchev–Trinajstić information content (AvgIpc) is 3.09. The van der Waals surface area contributed by atoms with Gasteiger partial charge in [-0.25, -0.2) is 4.98 Å². The molecule has 0 unspecified atom stereocenters. The number of furan rings is 1. The Kier molecular flexibility index (Phi) is 4.17. The van der Waals surface area contributed by atoms with Gasteiger partial charge in [0.05, 0.1) is 12.6 Å². The first kappa shape index (κ1) is 14.0. The fraction of sp³-hybridized carbons (Fsp3) is 0.200. The third-order valence-corrected chi connectivity index (χ3v) is 3.54. The van der Waals surface area contributed by atoms with E-state index in [1.165, 1.54) is 0 Å². The molecule has 2 aromatic heterocycles. The van der Waals surface area contributed by atoms with Crippen LogP contribution in [-0.2, 0) is 6.54 Å². The fourth-order valence-corrected chi connectivity index (χ4v) is 2.48. The molecule has 2 heterocycles. The van der Waals surface area contributed by atoms with Crippen LogP contribution in [0.5, 0.6) is 0 Å². The van der Waals surface area contributed by atoms with Crippen LogP contribution in [0.4, 0.5) is 0 Å². The average molecular weight is 347 g/mol. The summed E-state index contributed by atoms with van der Waals surface area (Å²) >= 11 is 3.31. The highest BCUT2D eigenvalue weighted by Gasteiger charge is 2.18. The highest BCUT2D eigenvalue weighted by molar-refractivity contribution is 9.10. The van der Waals surface area contributed by atoms with Gasteiger partial charge in [-0.1, -0.05) is 30.3 Å². The quantitative estimate of drug-likeness (QED) is 0.743. The summed E-state index contributed by atoms with van der Waals surface area (Å²) < 4.78 is 6.24. The molecule has 1 aromatic carbocycles. The number of aromatic nitrogens is 3. The molecule has 0 bridgehead atoms. The summed E-state index contributed by atoms with van der Waals surface area (Å²) in [5.74, 6) is 2.38. The second kappa shape index (κ2) is 6.24. The van der Waals surface area contributed by atoms with E-state index in [1.54, 1.807) is 0 Å². The Balaban J connectivity index is 1.82. The summed E-state index contributed by atoms with van der Waals surface area (Å²) in [6, 6.07) is 13.9. The summed E-state index contributed by atoms with van der Waals surface area (Å²) in [4.78, 5) is 4.44. The molecule has 3 rings (SSSR count). The summed E-state index contributed by atoms with van der Waals surface area (Å²) in [5.41, 5.74) is 1.11. The van der Waals surface area contributed by atoms with E-state index < -0.39 is 0 Å². The van der Waals surface area contributed by atoms with E-state index >= 15 is 0 Å². The van der Waals surface area contributed by atoms with Crippen molar-refractivity contribution < 1.29 is 4.42 Å². The van der Waals surface area contributed by atoms with E-state index in [2.05, 4.69) is 48.6 Å². The predicted octanol–water partition coefficient (Wildman–Crippen LogP) is 3.35. The maximum atomic E-state index is 5.52. The molecule has 0 aliphatic rings. The van der Waals surface area contributed by atoms with Gasteiger partial charge in [0.25, 0.3) is 0 Å². The van der Waals surface area contributed by atoms with Crippen molar-refractivity contribution in [1.82, 2.24) is 20.5 Å². The van der Waals surface area contributed by atoms with Crippen LogP contribution in [-0.4, -0.2) is 15.2 Å². The molecule has 0 saturated carbocycles. The normalized spacial score (nSPS) is 12.5. The van der Waals surface area contributed by atoms with Crippen LogP contribution in [0.3, 0.4) is 0 Å². The van der Waals surface area contributed by atoms with Crippen molar-refractivity contribution in [3.05, 3.63) is 70.1 Å². The first-order chi connectivity index (χ1) is 10.2. The third-order valence-electron chi connectivity index (χ3n) is 3.11. The number of nitrogens with one attached hydrogen (secondary N) is 2. The molecule has 6 heteroatoms. The van der Waals surface area contributed by atoms with Crippen molar-refractivity contribution in [2.75, 3.05) is 0 Å². The van der Waals surface area contributed by atoms with Gasteiger partial charge in [0.1, 0.15) is 11.6 Å². The van der Waals surface area contributed by atoms with E-state index in [9.17, 15) is 0 Å². The van der Waals surface area contributed by atoms with E-state index in [4.69, 9.17) is 4.42 Å². The SMILES string of the molecule is Cc1nc([C@H](NCc2ccc(Br)o2)c2ccccc2)n[nH]1. The van der Waals surface area contributed by atoms with E-state index in [0.717, 1.165) is 27.6 Å². The smallest absolute Gasteiger partial charge is 0.172 e. The maximum Gasteiger partial charge on any atom is 0.172 e. The van der Waals surface area contributed by atoms with Crippen LogP contribution >= 0.6 is 15.9 Å². The van der Waals surface area contributed by atoms with Gasteiger partial charge in [-0.3, -0.25) is 10.4 Å². The van der Waals surface area contributed by atoms with Crippen LogP contribution in [0.15, 0.2) is 51.6 Å². The van der Waals surface area contributed by atoms with E-state index in [-0.39, 0.29) is 6.04 Å².